The molecular formula is C18H22ClN3O2. The van der Waals surface area contributed by atoms with Crippen LogP contribution >= 0.6 is 11.6 Å². The van der Waals surface area contributed by atoms with E-state index < -0.39 is 6.10 Å². The van der Waals surface area contributed by atoms with E-state index >= 15 is 0 Å². The van der Waals surface area contributed by atoms with Gasteiger partial charge in [-0.3, -0.25) is 4.79 Å². The van der Waals surface area contributed by atoms with Crippen molar-refractivity contribution in [3.63, 3.8) is 0 Å². The molecule has 5 nitrogen and oxygen atoms in total. The quantitative estimate of drug-likeness (QED) is 0.753. The first-order chi connectivity index (χ1) is 11.5. The number of hydrogen-bond donors (Lipinski definition) is 2. The average molecular weight is 348 g/mol. The molecule has 128 valence electrons. The minimum Gasteiger partial charge on any atom is -0.390 e. The van der Waals surface area contributed by atoms with E-state index in [1.54, 1.807) is 17.0 Å². The molecule has 1 aromatic heterocycles. The van der Waals surface area contributed by atoms with Gasteiger partial charge in [-0.05, 0) is 29.7 Å². The van der Waals surface area contributed by atoms with Crippen molar-refractivity contribution in [2.24, 2.45) is 5.73 Å². The van der Waals surface area contributed by atoms with E-state index in [0.717, 1.165) is 12.0 Å². The maximum Gasteiger partial charge on any atom is 0.255 e. The fraction of sp³-hybridized carbons (Fsp3) is 0.333. The number of carbonyl (C=O) groups excluding carboxylic acids is 1. The van der Waals surface area contributed by atoms with Crippen LogP contribution in [0.2, 0.25) is 5.15 Å². The minimum absolute atomic E-state index is 0.0949. The summed E-state index contributed by atoms with van der Waals surface area (Å²) in [5.41, 5.74) is 8.14. The Kier molecular flexibility index (Phi) is 6.73. The van der Waals surface area contributed by atoms with E-state index in [4.69, 9.17) is 17.3 Å². The van der Waals surface area contributed by atoms with Crippen LogP contribution < -0.4 is 5.73 Å². The highest BCUT2D eigenvalue weighted by Crippen LogP contribution is 2.14. The fourth-order valence-corrected chi connectivity index (χ4v) is 2.51. The lowest BCUT2D eigenvalue weighted by molar-refractivity contribution is 0.0617. The van der Waals surface area contributed by atoms with E-state index in [9.17, 15) is 9.90 Å². The van der Waals surface area contributed by atoms with E-state index in [0.29, 0.717) is 17.3 Å². The van der Waals surface area contributed by atoms with Crippen LogP contribution in [0.3, 0.4) is 0 Å². The monoisotopic (exact) mass is 347 g/mol. The number of nitrogens with two attached hydrogens (primary N) is 1. The Morgan fingerprint density at radius 2 is 2.08 bits per heavy atom. The van der Waals surface area contributed by atoms with Crippen molar-refractivity contribution in [1.29, 1.82) is 0 Å². The second-order valence-electron chi connectivity index (χ2n) is 5.62. The maximum atomic E-state index is 12.8. The van der Waals surface area contributed by atoms with Crippen LogP contribution in [-0.4, -0.2) is 40.1 Å². The van der Waals surface area contributed by atoms with Gasteiger partial charge in [-0.25, -0.2) is 4.98 Å². The first-order valence-corrected chi connectivity index (χ1v) is 8.28. The number of nitrogens with zero attached hydrogens (tertiary/aromatic N) is 2. The number of benzene rings is 1. The lowest BCUT2D eigenvalue weighted by Gasteiger charge is -2.25. The van der Waals surface area contributed by atoms with Gasteiger partial charge in [-0.2, -0.15) is 0 Å². The molecule has 1 aromatic carbocycles. The number of carbonyl (C=O) groups is 1. The van der Waals surface area contributed by atoms with E-state index in [1.165, 1.54) is 11.8 Å². The Labute approximate surface area is 147 Å². The highest BCUT2D eigenvalue weighted by molar-refractivity contribution is 6.29. The van der Waals surface area contributed by atoms with Crippen molar-refractivity contribution in [1.82, 2.24) is 9.88 Å². The molecule has 3 N–H and O–H groups in total. The molecule has 0 aliphatic heterocycles. The number of amides is 1. The number of aromatic nitrogens is 1. The van der Waals surface area contributed by atoms with Gasteiger partial charge >= 0.3 is 0 Å². The standard InChI is InChI=1S/C18H22ClN3O2/c1-2-13-4-3-5-14(8-13)11-22(12-16(23)9-20)18(24)15-6-7-17(19)21-10-15/h3-8,10,16,23H,2,9,11-12,20H2,1H3. The average Bonchev–Trinajstić information content (AvgIpc) is 2.61. The highest BCUT2D eigenvalue weighted by atomic mass is 35.5. The van der Waals surface area contributed by atoms with E-state index in [-0.39, 0.29) is 19.0 Å². The van der Waals surface area contributed by atoms with Crippen LogP contribution in [0.4, 0.5) is 0 Å². The Bertz CT molecular complexity index is 676. The molecule has 0 fully saturated rings. The number of rotatable bonds is 7. The molecule has 1 heterocycles. The van der Waals surface area contributed by atoms with Crippen molar-refractivity contribution in [2.45, 2.75) is 26.0 Å². The van der Waals surface area contributed by atoms with Gasteiger partial charge in [-0.1, -0.05) is 42.8 Å². The lowest BCUT2D eigenvalue weighted by atomic mass is 10.1. The first kappa shape index (κ1) is 18.4. The zero-order valence-electron chi connectivity index (χ0n) is 13.7. The molecule has 1 amide bonds. The molecule has 6 heteroatoms. The van der Waals surface area contributed by atoms with Crippen LogP contribution in [-0.2, 0) is 13.0 Å². The van der Waals surface area contributed by atoms with Crippen LogP contribution in [0.5, 0.6) is 0 Å². The van der Waals surface area contributed by atoms with Gasteiger partial charge in [0.05, 0.1) is 11.7 Å². The summed E-state index contributed by atoms with van der Waals surface area (Å²) < 4.78 is 0. The third-order valence-corrected chi connectivity index (χ3v) is 3.96. The summed E-state index contributed by atoms with van der Waals surface area (Å²) in [6.45, 7) is 2.73. The molecule has 0 radical (unpaired) electrons. The molecule has 1 unspecified atom stereocenters. The molecule has 2 aromatic rings. The maximum absolute atomic E-state index is 12.8. The fourth-order valence-electron chi connectivity index (χ4n) is 2.40. The normalized spacial score (nSPS) is 12.0. The highest BCUT2D eigenvalue weighted by Gasteiger charge is 2.19. The predicted molar refractivity (Wildman–Crippen MR) is 94.9 cm³/mol. The minimum atomic E-state index is -0.774. The molecule has 0 bridgehead atoms. The van der Waals surface area contributed by atoms with Gasteiger partial charge < -0.3 is 15.7 Å². The second kappa shape index (κ2) is 8.78. The molecule has 1 atom stereocenters. The number of pyridine rings is 1. The summed E-state index contributed by atoms with van der Waals surface area (Å²) in [5.74, 6) is -0.214. The van der Waals surface area contributed by atoms with Crippen molar-refractivity contribution in [3.8, 4) is 0 Å². The number of halogens is 1. The van der Waals surface area contributed by atoms with Gasteiger partial charge in [-0.15, -0.1) is 0 Å². The Balaban J connectivity index is 2.22. The van der Waals surface area contributed by atoms with Gasteiger partial charge in [0.2, 0.25) is 0 Å². The number of aliphatic hydroxyl groups excluding tert-OH is 1. The molecule has 0 aliphatic carbocycles. The van der Waals surface area contributed by atoms with Crippen molar-refractivity contribution >= 4 is 17.5 Å². The Morgan fingerprint density at radius 3 is 2.71 bits per heavy atom. The number of aliphatic hydroxyl groups is 1. The molecule has 0 saturated heterocycles. The van der Waals surface area contributed by atoms with Gasteiger partial charge in [0.25, 0.3) is 5.91 Å². The van der Waals surface area contributed by atoms with Crippen LogP contribution in [0.25, 0.3) is 0 Å². The summed E-state index contributed by atoms with van der Waals surface area (Å²) in [7, 11) is 0. The topological polar surface area (TPSA) is 79.5 Å². The zero-order chi connectivity index (χ0) is 17.5. The zero-order valence-corrected chi connectivity index (χ0v) is 14.4. The van der Waals surface area contributed by atoms with E-state index in [2.05, 4.69) is 18.0 Å². The summed E-state index contributed by atoms with van der Waals surface area (Å²) in [6, 6.07) is 11.3. The lowest BCUT2D eigenvalue weighted by Crippen LogP contribution is -2.40. The molecule has 0 saturated carbocycles. The molecule has 0 aliphatic rings. The number of aryl methyl sites for hydroxylation is 1. The van der Waals surface area contributed by atoms with Crippen LogP contribution in [0.15, 0.2) is 42.6 Å². The summed E-state index contributed by atoms with van der Waals surface area (Å²) in [6.07, 6.45) is 1.59. The smallest absolute Gasteiger partial charge is 0.255 e. The largest absolute Gasteiger partial charge is 0.390 e. The second-order valence-corrected chi connectivity index (χ2v) is 6.01. The third kappa shape index (κ3) is 5.03. The molecule has 0 spiro atoms. The van der Waals surface area contributed by atoms with Crippen LogP contribution in [0.1, 0.15) is 28.4 Å². The summed E-state index contributed by atoms with van der Waals surface area (Å²) >= 11 is 5.77. The van der Waals surface area contributed by atoms with Crippen molar-refractivity contribution in [2.75, 3.05) is 13.1 Å². The molecule has 24 heavy (non-hydrogen) atoms. The Morgan fingerprint density at radius 1 is 1.33 bits per heavy atom. The van der Waals surface area contributed by atoms with Gasteiger partial charge in [0.1, 0.15) is 5.15 Å². The van der Waals surface area contributed by atoms with E-state index in [1.807, 2.05) is 18.2 Å². The summed E-state index contributed by atoms with van der Waals surface area (Å²) in [5, 5.41) is 10.2. The molecular weight excluding hydrogens is 326 g/mol. The summed E-state index contributed by atoms with van der Waals surface area (Å²) in [4.78, 5) is 18.3. The third-order valence-electron chi connectivity index (χ3n) is 3.74. The van der Waals surface area contributed by atoms with Crippen LogP contribution in [0, 0.1) is 0 Å². The Hall–Kier alpha value is -1.95. The SMILES string of the molecule is CCc1cccc(CN(CC(O)CN)C(=O)c2ccc(Cl)nc2)c1. The predicted octanol–water partition coefficient (Wildman–Crippen LogP) is 2.26. The number of hydrogen-bond acceptors (Lipinski definition) is 4. The van der Waals surface area contributed by atoms with Crippen molar-refractivity contribution < 1.29 is 9.90 Å². The van der Waals surface area contributed by atoms with Crippen molar-refractivity contribution in [3.05, 3.63) is 64.4 Å². The molecule has 2 rings (SSSR count). The van der Waals surface area contributed by atoms with Gasteiger partial charge in [0.15, 0.2) is 0 Å². The van der Waals surface area contributed by atoms with Gasteiger partial charge in [0, 0.05) is 25.8 Å². The first-order valence-electron chi connectivity index (χ1n) is 7.90.